The minimum absolute atomic E-state index is 0.843. The minimum atomic E-state index is 0.843. The first-order chi connectivity index (χ1) is 3.31. The molecule has 7 heavy (non-hydrogen) atoms. The monoisotopic (exact) mass is 326 g/mol. The van der Waals surface area contributed by atoms with Gasteiger partial charge in [0.2, 0.25) is 0 Å². The van der Waals surface area contributed by atoms with Crippen LogP contribution >= 0.6 is 45.2 Å². The van der Waals surface area contributed by atoms with Crippen LogP contribution in [-0.4, -0.2) is 14.9 Å². The molecule has 0 spiro atoms. The molecule has 1 atom stereocenters. The van der Waals surface area contributed by atoms with Crippen molar-refractivity contribution in [3.05, 3.63) is 0 Å². The van der Waals surface area contributed by atoms with Crippen molar-refractivity contribution in [2.45, 2.75) is 10.3 Å². The molecule has 0 amide bonds. The van der Waals surface area contributed by atoms with Gasteiger partial charge in [-0.25, -0.2) is 0 Å². The van der Waals surface area contributed by atoms with Crippen LogP contribution in [0.1, 0.15) is 6.42 Å². The quantitative estimate of drug-likeness (QED) is 0.589. The minimum Gasteiger partial charge on any atom is -0.358 e. The van der Waals surface area contributed by atoms with Crippen LogP contribution in [0.5, 0.6) is 0 Å². The van der Waals surface area contributed by atoms with Crippen molar-refractivity contribution in [1.29, 1.82) is 0 Å². The lowest BCUT2D eigenvalue weighted by atomic mass is 10.3. The highest BCUT2D eigenvalue weighted by atomic mass is 127. The summed E-state index contributed by atoms with van der Waals surface area (Å²) in [7, 11) is 0. The third kappa shape index (κ3) is 5.29. The zero-order chi connectivity index (χ0) is 5.70. The Morgan fingerprint density at radius 1 is 1.57 bits per heavy atom. The smallest absolute Gasteiger partial charge is 0.0750 e. The molecule has 0 saturated carbocycles. The molecule has 0 fully saturated rings. The summed E-state index contributed by atoms with van der Waals surface area (Å²) in [4.78, 5) is 0. The van der Waals surface area contributed by atoms with E-state index < -0.39 is 0 Å². The van der Waals surface area contributed by atoms with E-state index in [1.54, 1.807) is 0 Å². The van der Waals surface area contributed by atoms with E-state index in [-0.39, 0.29) is 0 Å². The van der Waals surface area contributed by atoms with E-state index in [9.17, 15) is 0 Å². The molecule has 0 aromatic carbocycles. The average molecular weight is 326 g/mol. The summed E-state index contributed by atoms with van der Waals surface area (Å²) >= 11 is 4.86. The van der Waals surface area contributed by atoms with Crippen LogP contribution in [0.4, 0.5) is 0 Å². The van der Waals surface area contributed by atoms with Crippen LogP contribution in [-0.2, 0) is 0 Å². The summed E-state index contributed by atoms with van der Waals surface area (Å²) in [5.41, 5.74) is 3.77. The summed E-state index contributed by atoms with van der Waals surface area (Å²) in [5.74, 6) is 0. The zero-order valence-electron chi connectivity index (χ0n) is 4.16. The third-order valence-electron chi connectivity index (χ3n) is 0.685. The Hall–Kier alpha value is 1.42. The topological polar surface area (TPSA) is 27.6 Å². The molecular weight excluding hydrogens is 316 g/mol. The number of alkyl halides is 2. The van der Waals surface area contributed by atoms with Crippen LogP contribution in [0.25, 0.3) is 0 Å². The zero-order valence-corrected chi connectivity index (χ0v) is 8.48. The fourth-order valence-corrected chi connectivity index (χ4v) is 1.18. The number of rotatable bonds is 3. The van der Waals surface area contributed by atoms with Gasteiger partial charge >= 0.3 is 0 Å². The number of hydrogen-bond acceptors (Lipinski definition) is 0. The summed E-state index contributed by atoms with van der Waals surface area (Å²) < 4.78 is 2.10. The van der Waals surface area contributed by atoms with E-state index in [1.165, 1.54) is 10.8 Å². The Morgan fingerprint density at radius 3 is 2.29 bits per heavy atom. The van der Waals surface area contributed by atoms with Crippen molar-refractivity contribution in [3.63, 3.8) is 0 Å². The van der Waals surface area contributed by atoms with Gasteiger partial charge in [-0.3, -0.25) is 0 Å². The second kappa shape index (κ2) is 5.55. The number of halogens is 2. The van der Waals surface area contributed by atoms with E-state index in [4.69, 9.17) is 0 Å². The average Bonchev–Trinajstić information content (AvgIpc) is 1.68. The van der Waals surface area contributed by atoms with Crippen molar-refractivity contribution in [1.82, 2.24) is 0 Å². The first kappa shape index (κ1) is 8.42. The summed E-state index contributed by atoms with van der Waals surface area (Å²) in [5, 5.41) is 0. The van der Waals surface area contributed by atoms with Crippen LogP contribution in [0.2, 0.25) is 0 Å². The van der Waals surface area contributed by atoms with E-state index in [0.717, 1.165) is 10.5 Å². The van der Waals surface area contributed by atoms with Gasteiger partial charge in [0.15, 0.2) is 0 Å². The molecule has 44 valence electrons. The molecule has 0 aromatic heterocycles. The second-order valence-corrected chi connectivity index (χ2v) is 4.04. The first-order valence-corrected chi connectivity index (χ1v) is 5.07. The Balaban J connectivity index is 2.83. The number of quaternary nitrogens is 1. The summed E-state index contributed by atoms with van der Waals surface area (Å²) in [6.45, 7) is 1.08. The predicted octanol–water partition coefficient (Wildman–Crippen LogP) is 0.857. The maximum Gasteiger partial charge on any atom is 0.0750 e. The lowest BCUT2D eigenvalue weighted by Crippen LogP contribution is -2.51. The highest BCUT2D eigenvalue weighted by Crippen LogP contribution is 2.06. The van der Waals surface area contributed by atoms with Crippen molar-refractivity contribution < 1.29 is 5.73 Å². The molecule has 0 aliphatic heterocycles. The first-order valence-electron chi connectivity index (χ1n) is 2.30. The van der Waals surface area contributed by atoms with Crippen molar-refractivity contribution in [2.24, 2.45) is 0 Å². The van der Waals surface area contributed by atoms with Gasteiger partial charge in [0.25, 0.3) is 0 Å². The van der Waals surface area contributed by atoms with Crippen molar-refractivity contribution >= 4 is 45.2 Å². The molecule has 0 aliphatic carbocycles. The van der Waals surface area contributed by atoms with Gasteiger partial charge in [-0.05, 0) is 0 Å². The Labute approximate surface area is 71.7 Å². The van der Waals surface area contributed by atoms with E-state index in [2.05, 4.69) is 50.9 Å². The van der Waals surface area contributed by atoms with Gasteiger partial charge in [-0.1, -0.05) is 45.2 Å². The third-order valence-corrected chi connectivity index (χ3v) is 4.50. The highest BCUT2D eigenvalue weighted by Gasteiger charge is 1.97. The molecular formula is C4H10I2N+. The molecule has 0 aliphatic rings. The van der Waals surface area contributed by atoms with Gasteiger partial charge in [-0.2, -0.15) is 0 Å². The standard InChI is InChI=1S/C4H9I2N/c5-3-4(6)1-2-7/h4H,1-3,7H2/p+1. The highest BCUT2D eigenvalue weighted by molar-refractivity contribution is 14.1. The maximum atomic E-state index is 3.77. The second-order valence-electron chi connectivity index (χ2n) is 1.39. The SMILES string of the molecule is [NH3+]CCC(I)CI. The molecule has 1 nitrogen and oxygen atoms in total. The fraction of sp³-hybridized carbons (Fsp3) is 1.00. The van der Waals surface area contributed by atoms with Gasteiger partial charge < -0.3 is 5.73 Å². The molecule has 0 radical (unpaired) electrons. The summed E-state index contributed by atoms with van der Waals surface area (Å²) in [6, 6.07) is 0. The Bertz CT molecular complexity index is 40.7. The molecule has 1 unspecified atom stereocenters. The van der Waals surface area contributed by atoms with Crippen LogP contribution in [0.3, 0.4) is 0 Å². The summed E-state index contributed by atoms with van der Waals surface area (Å²) in [6.07, 6.45) is 1.27. The van der Waals surface area contributed by atoms with Crippen LogP contribution in [0, 0.1) is 0 Å². The van der Waals surface area contributed by atoms with Gasteiger partial charge in [0.1, 0.15) is 0 Å². The fourth-order valence-electron chi connectivity index (χ4n) is 0.299. The van der Waals surface area contributed by atoms with Crippen molar-refractivity contribution in [3.8, 4) is 0 Å². The molecule has 0 saturated heterocycles. The molecule has 3 heteroatoms. The maximum absolute atomic E-state index is 3.77. The molecule has 0 aromatic rings. The normalized spacial score (nSPS) is 14.1. The van der Waals surface area contributed by atoms with E-state index in [1.807, 2.05) is 0 Å². The Morgan fingerprint density at radius 2 is 2.14 bits per heavy atom. The van der Waals surface area contributed by atoms with Gasteiger partial charge in [0, 0.05) is 14.8 Å². The van der Waals surface area contributed by atoms with Crippen LogP contribution < -0.4 is 5.73 Å². The van der Waals surface area contributed by atoms with Crippen LogP contribution in [0.15, 0.2) is 0 Å². The molecule has 0 rings (SSSR count). The van der Waals surface area contributed by atoms with Gasteiger partial charge in [0.05, 0.1) is 6.54 Å². The Kier molecular flexibility index (Phi) is 6.68. The van der Waals surface area contributed by atoms with E-state index in [0.29, 0.717) is 0 Å². The molecule has 3 N–H and O–H groups in total. The van der Waals surface area contributed by atoms with E-state index >= 15 is 0 Å². The molecule has 0 bridgehead atoms. The van der Waals surface area contributed by atoms with Gasteiger partial charge in [-0.15, -0.1) is 0 Å². The predicted molar refractivity (Wildman–Crippen MR) is 49.1 cm³/mol. The number of hydrogen-bond donors (Lipinski definition) is 1. The lowest BCUT2D eigenvalue weighted by molar-refractivity contribution is -0.367. The lowest BCUT2D eigenvalue weighted by Gasteiger charge is -1.97. The van der Waals surface area contributed by atoms with Crippen molar-refractivity contribution in [2.75, 3.05) is 11.0 Å². The largest absolute Gasteiger partial charge is 0.358 e. The molecule has 0 heterocycles.